The fourth-order valence-electron chi connectivity index (χ4n) is 1.75. The van der Waals surface area contributed by atoms with Gasteiger partial charge >= 0.3 is 0 Å². The first kappa shape index (κ1) is 13.3. The molecule has 0 spiro atoms. The summed E-state index contributed by atoms with van der Waals surface area (Å²) in [6.45, 7) is 10.9. The zero-order valence-electron chi connectivity index (χ0n) is 10.7. The lowest BCUT2D eigenvalue weighted by Gasteiger charge is -2.32. The number of hydrogen-bond acceptors (Lipinski definition) is 3. The monoisotopic (exact) mass is 255 g/mol. The van der Waals surface area contributed by atoms with Crippen LogP contribution in [0.4, 0.5) is 5.69 Å². The topological polar surface area (TPSA) is 55.5 Å². The Kier molecular flexibility index (Phi) is 3.51. The van der Waals surface area contributed by atoms with Crippen LogP contribution >= 0.6 is 0 Å². The number of nitrogen functional groups attached to an aromatic ring is 1. The second-order valence-electron chi connectivity index (χ2n) is 5.50. The molecular weight excluding hydrogens is 234 g/mol. The van der Waals surface area contributed by atoms with Gasteiger partial charge in [-0.05, 0) is 50.1 Å². The van der Waals surface area contributed by atoms with Crippen LogP contribution in [0.5, 0.6) is 5.75 Å². The summed E-state index contributed by atoms with van der Waals surface area (Å²) >= 11 is 0. The lowest BCUT2D eigenvalue weighted by Crippen LogP contribution is -2.51. The van der Waals surface area contributed by atoms with E-state index in [0.29, 0.717) is 5.69 Å². The van der Waals surface area contributed by atoms with Gasteiger partial charge in [0, 0.05) is 0 Å². The van der Waals surface area contributed by atoms with Gasteiger partial charge in [-0.3, -0.25) is 0 Å². The van der Waals surface area contributed by atoms with Crippen LogP contribution < -0.4 is 10.9 Å². The zero-order chi connectivity index (χ0) is 12.6. The zero-order valence-corrected chi connectivity index (χ0v) is 12.7. The van der Waals surface area contributed by atoms with Crippen LogP contribution in [0.1, 0.15) is 0 Å². The number of phenolic OH excluding ortho intramolecular Hbond substituents is 1. The Bertz CT molecular complexity index is 386. The second kappa shape index (κ2) is 4.23. The van der Waals surface area contributed by atoms with E-state index in [2.05, 4.69) is 32.7 Å². The van der Waals surface area contributed by atoms with Crippen LogP contribution in [0, 0.1) is 0 Å². The first-order valence-electron chi connectivity index (χ1n) is 5.41. The Morgan fingerprint density at radius 3 is 2.12 bits per heavy atom. The molecule has 0 aromatic heterocycles. The SMILES string of the molecule is C[Si](C)(C)O[Si](C)(C)c1ccc(O)c(N)c1. The average molecular weight is 255 g/mol. The fourth-order valence-corrected chi connectivity index (χ4v) is 9.34. The summed E-state index contributed by atoms with van der Waals surface area (Å²) in [6, 6.07) is 5.40. The maximum atomic E-state index is 9.40. The summed E-state index contributed by atoms with van der Waals surface area (Å²) in [6.07, 6.45) is 0. The molecule has 16 heavy (non-hydrogen) atoms. The van der Waals surface area contributed by atoms with E-state index >= 15 is 0 Å². The summed E-state index contributed by atoms with van der Waals surface area (Å²) in [4.78, 5) is 0. The summed E-state index contributed by atoms with van der Waals surface area (Å²) in [5, 5.41) is 10.5. The molecule has 0 saturated heterocycles. The van der Waals surface area contributed by atoms with Crippen LogP contribution in [-0.4, -0.2) is 21.7 Å². The number of hydrogen-bond donors (Lipinski definition) is 2. The van der Waals surface area contributed by atoms with Crippen molar-refractivity contribution in [2.45, 2.75) is 32.7 Å². The van der Waals surface area contributed by atoms with Gasteiger partial charge in [-0.15, -0.1) is 0 Å². The normalized spacial score (nSPS) is 12.8. The van der Waals surface area contributed by atoms with E-state index in [-0.39, 0.29) is 5.75 Å². The van der Waals surface area contributed by atoms with Crippen molar-refractivity contribution in [2.75, 3.05) is 5.73 Å². The number of rotatable bonds is 3. The van der Waals surface area contributed by atoms with Gasteiger partial charge in [-0.1, -0.05) is 6.07 Å². The first-order chi connectivity index (χ1) is 7.12. The van der Waals surface area contributed by atoms with E-state index in [0.717, 1.165) is 5.19 Å². The number of benzene rings is 1. The molecule has 0 aliphatic heterocycles. The molecule has 0 amide bonds. The lowest BCUT2D eigenvalue weighted by atomic mass is 10.3. The van der Waals surface area contributed by atoms with Gasteiger partial charge in [0.15, 0.2) is 8.32 Å². The van der Waals surface area contributed by atoms with Crippen LogP contribution in [0.25, 0.3) is 0 Å². The molecular formula is C11H21NO2Si2. The van der Waals surface area contributed by atoms with E-state index in [1.807, 2.05) is 12.1 Å². The largest absolute Gasteiger partial charge is 0.506 e. The van der Waals surface area contributed by atoms with E-state index < -0.39 is 16.6 Å². The minimum atomic E-state index is -1.90. The minimum Gasteiger partial charge on any atom is -0.506 e. The first-order valence-corrected chi connectivity index (χ1v) is 11.7. The van der Waals surface area contributed by atoms with Gasteiger partial charge in [-0.2, -0.15) is 0 Å². The predicted molar refractivity (Wildman–Crippen MR) is 74.1 cm³/mol. The highest BCUT2D eigenvalue weighted by molar-refractivity contribution is 6.92. The molecule has 90 valence electrons. The Labute approximate surface area is 99.5 Å². The third kappa shape index (κ3) is 3.36. The van der Waals surface area contributed by atoms with Crippen LogP contribution in [0.3, 0.4) is 0 Å². The fraction of sp³-hybridized carbons (Fsp3) is 0.455. The van der Waals surface area contributed by atoms with Crippen molar-refractivity contribution in [2.24, 2.45) is 0 Å². The Morgan fingerprint density at radius 1 is 1.12 bits per heavy atom. The van der Waals surface area contributed by atoms with Crippen LogP contribution in [0.15, 0.2) is 18.2 Å². The van der Waals surface area contributed by atoms with Gasteiger partial charge in [0.25, 0.3) is 0 Å². The van der Waals surface area contributed by atoms with Crippen molar-refractivity contribution in [3.8, 4) is 5.75 Å². The maximum Gasteiger partial charge on any atom is 0.205 e. The molecule has 0 unspecified atom stereocenters. The quantitative estimate of drug-likeness (QED) is 0.495. The van der Waals surface area contributed by atoms with Crippen molar-refractivity contribution in [1.82, 2.24) is 0 Å². The van der Waals surface area contributed by atoms with Gasteiger partial charge in [0.1, 0.15) is 5.75 Å². The summed E-state index contributed by atoms with van der Waals surface area (Å²) < 4.78 is 6.25. The van der Waals surface area contributed by atoms with E-state index in [4.69, 9.17) is 9.85 Å². The molecule has 0 fully saturated rings. The summed E-state index contributed by atoms with van der Waals surface area (Å²) in [5.74, 6) is 0.140. The highest BCUT2D eigenvalue weighted by atomic mass is 28.4. The van der Waals surface area contributed by atoms with Crippen LogP contribution in [0.2, 0.25) is 32.7 Å². The smallest absolute Gasteiger partial charge is 0.205 e. The standard InChI is InChI=1S/C11H21NO2Si2/c1-15(2,3)14-16(4,5)9-6-7-11(13)10(12)8-9/h6-8,13H,12H2,1-5H3. The third-order valence-electron chi connectivity index (χ3n) is 2.28. The maximum absolute atomic E-state index is 9.40. The molecule has 1 rings (SSSR count). The highest BCUT2D eigenvalue weighted by Gasteiger charge is 2.31. The molecule has 0 heterocycles. The predicted octanol–water partition coefficient (Wildman–Crippen LogP) is 2.24. The lowest BCUT2D eigenvalue weighted by molar-refractivity contribution is 0.478. The molecule has 5 heteroatoms. The van der Waals surface area contributed by atoms with Crippen molar-refractivity contribution in [3.63, 3.8) is 0 Å². The molecule has 1 aromatic carbocycles. The van der Waals surface area contributed by atoms with Gasteiger partial charge < -0.3 is 15.0 Å². The van der Waals surface area contributed by atoms with Gasteiger partial charge in [-0.25, -0.2) is 0 Å². The number of nitrogens with two attached hydrogens (primary N) is 1. The molecule has 0 atom stereocenters. The van der Waals surface area contributed by atoms with Crippen molar-refractivity contribution in [3.05, 3.63) is 18.2 Å². The molecule has 0 bridgehead atoms. The molecule has 0 radical (unpaired) electrons. The highest BCUT2D eigenvalue weighted by Crippen LogP contribution is 2.20. The average Bonchev–Trinajstić information content (AvgIpc) is 2.05. The summed E-state index contributed by atoms with van der Waals surface area (Å²) in [5.41, 5.74) is 6.14. The Morgan fingerprint density at radius 2 is 1.69 bits per heavy atom. The number of phenols is 1. The Hall–Kier alpha value is -0.786. The number of aromatic hydroxyl groups is 1. The summed E-state index contributed by atoms with van der Waals surface area (Å²) in [7, 11) is -3.45. The molecule has 0 aliphatic rings. The Balaban J connectivity index is 3.02. The molecule has 3 N–H and O–H groups in total. The third-order valence-corrected chi connectivity index (χ3v) is 8.48. The van der Waals surface area contributed by atoms with Gasteiger partial charge in [0.2, 0.25) is 8.32 Å². The van der Waals surface area contributed by atoms with E-state index in [1.165, 1.54) is 0 Å². The van der Waals surface area contributed by atoms with Crippen molar-refractivity contribution >= 4 is 27.5 Å². The van der Waals surface area contributed by atoms with E-state index in [1.54, 1.807) is 6.07 Å². The minimum absolute atomic E-state index is 0.140. The molecule has 1 aromatic rings. The number of anilines is 1. The van der Waals surface area contributed by atoms with Crippen molar-refractivity contribution < 1.29 is 9.22 Å². The molecule has 0 aliphatic carbocycles. The second-order valence-corrected chi connectivity index (χ2v) is 14.1. The molecule has 0 saturated carbocycles. The molecule has 3 nitrogen and oxygen atoms in total. The van der Waals surface area contributed by atoms with Crippen LogP contribution in [-0.2, 0) is 4.12 Å². The van der Waals surface area contributed by atoms with E-state index in [9.17, 15) is 5.11 Å². The van der Waals surface area contributed by atoms with Gasteiger partial charge in [0.05, 0.1) is 5.69 Å². The van der Waals surface area contributed by atoms with Crippen molar-refractivity contribution in [1.29, 1.82) is 0 Å².